The summed E-state index contributed by atoms with van der Waals surface area (Å²) in [6.07, 6.45) is 0. The van der Waals surface area contributed by atoms with Crippen LogP contribution in [0.1, 0.15) is 42.5 Å². The molecule has 0 saturated carbocycles. The van der Waals surface area contributed by atoms with Gasteiger partial charge in [-0.25, -0.2) is 4.39 Å². The molecule has 1 heterocycles. The highest BCUT2D eigenvalue weighted by Gasteiger charge is 2.20. The first-order chi connectivity index (χ1) is 10.2. The Kier molecular flexibility index (Phi) is 4.56. The standard InChI is InChI=1S/C16H19ClFN3O/c1-16(2,3)14-8-11(19-20-14)9-21(4)15(22)12-6-5-10(18)7-13(12)17/h5-8H,9H2,1-4H3,(H,19,20). The topological polar surface area (TPSA) is 49.0 Å². The van der Waals surface area contributed by atoms with Crippen LogP contribution in [-0.2, 0) is 12.0 Å². The number of aromatic nitrogens is 2. The van der Waals surface area contributed by atoms with E-state index >= 15 is 0 Å². The average Bonchev–Trinajstić information content (AvgIpc) is 2.86. The molecule has 0 bridgehead atoms. The lowest BCUT2D eigenvalue weighted by Gasteiger charge is -2.17. The van der Waals surface area contributed by atoms with E-state index in [1.807, 2.05) is 6.07 Å². The van der Waals surface area contributed by atoms with E-state index in [1.165, 1.54) is 17.0 Å². The lowest BCUT2D eigenvalue weighted by Crippen LogP contribution is -2.26. The molecule has 4 nitrogen and oxygen atoms in total. The van der Waals surface area contributed by atoms with Gasteiger partial charge in [0.1, 0.15) is 5.82 Å². The van der Waals surface area contributed by atoms with Crippen LogP contribution in [-0.4, -0.2) is 28.1 Å². The van der Waals surface area contributed by atoms with E-state index in [0.717, 1.165) is 17.5 Å². The summed E-state index contributed by atoms with van der Waals surface area (Å²) < 4.78 is 13.1. The summed E-state index contributed by atoms with van der Waals surface area (Å²) in [6.45, 7) is 6.58. The number of hydrogen-bond acceptors (Lipinski definition) is 2. The second-order valence-electron chi connectivity index (χ2n) is 6.31. The molecule has 0 aliphatic rings. The molecule has 1 N–H and O–H groups in total. The number of nitrogens with one attached hydrogen (secondary N) is 1. The van der Waals surface area contributed by atoms with E-state index in [9.17, 15) is 9.18 Å². The summed E-state index contributed by atoms with van der Waals surface area (Å²) in [5.74, 6) is -0.732. The molecule has 1 aromatic carbocycles. The Labute approximate surface area is 134 Å². The van der Waals surface area contributed by atoms with Gasteiger partial charge >= 0.3 is 0 Å². The molecule has 118 valence electrons. The van der Waals surface area contributed by atoms with Gasteiger partial charge in [0.15, 0.2) is 0 Å². The van der Waals surface area contributed by atoms with Gasteiger partial charge < -0.3 is 4.90 Å². The summed E-state index contributed by atoms with van der Waals surface area (Å²) in [5, 5.41) is 7.31. The molecule has 22 heavy (non-hydrogen) atoms. The number of rotatable bonds is 3. The SMILES string of the molecule is CN(Cc1cc(C(C)(C)C)n[nH]1)C(=O)c1ccc(F)cc1Cl. The molecule has 0 saturated heterocycles. The molecular formula is C16H19ClFN3O. The molecule has 0 aliphatic carbocycles. The summed E-state index contributed by atoms with van der Waals surface area (Å²) in [6, 6.07) is 5.69. The summed E-state index contributed by atoms with van der Waals surface area (Å²) in [7, 11) is 1.67. The predicted molar refractivity (Wildman–Crippen MR) is 84.5 cm³/mol. The van der Waals surface area contributed by atoms with Crippen molar-refractivity contribution < 1.29 is 9.18 Å². The van der Waals surface area contributed by atoms with Crippen molar-refractivity contribution in [1.29, 1.82) is 0 Å². The van der Waals surface area contributed by atoms with Crippen molar-refractivity contribution in [3.8, 4) is 0 Å². The number of H-pyrrole nitrogens is 1. The number of aromatic amines is 1. The van der Waals surface area contributed by atoms with E-state index in [1.54, 1.807) is 7.05 Å². The zero-order valence-electron chi connectivity index (χ0n) is 13.1. The van der Waals surface area contributed by atoms with Gasteiger partial charge in [-0.05, 0) is 24.3 Å². The van der Waals surface area contributed by atoms with Crippen LogP contribution in [0.15, 0.2) is 24.3 Å². The molecule has 0 atom stereocenters. The molecule has 1 amide bonds. The van der Waals surface area contributed by atoms with Crippen LogP contribution in [0.3, 0.4) is 0 Å². The third-order valence-corrected chi connectivity index (χ3v) is 3.63. The fourth-order valence-electron chi connectivity index (χ4n) is 2.02. The van der Waals surface area contributed by atoms with Crippen molar-refractivity contribution in [3.63, 3.8) is 0 Å². The van der Waals surface area contributed by atoms with Crippen molar-refractivity contribution >= 4 is 17.5 Å². The smallest absolute Gasteiger partial charge is 0.255 e. The van der Waals surface area contributed by atoms with E-state index in [-0.39, 0.29) is 21.9 Å². The molecule has 2 aromatic rings. The molecule has 0 spiro atoms. The minimum absolute atomic E-state index is 0.0579. The van der Waals surface area contributed by atoms with Crippen molar-refractivity contribution in [2.24, 2.45) is 0 Å². The quantitative estimate of drug-likeness (QED) is 0.934. The maximum Gasteiger partial charge on any atom is 0.255 e. The summed E-state index contributed by atoms with van der Waals surface area (Å²) >= 11 is 5.93. The summed E-state index contributed by atoms with van der Waals surface area (Å²) in [4.78, 5) is 13.9. The average molecular weight is 324 g/mol. The highest BCUT2D eigenvalue weighted by molar-refractivity contribution is 6.33. The number of amides is 1. The van der Waals surface area contributed by atoms with Gasteiger partial charge in [0, 0.05) is 12.5 Å². The summed E-state index contributed by atoms with van der Waals surface area (Å²) in [5.41, 5.74) is 1.99. The number of carbonyl (C=O) groups excluding carboxylic acids is 1. The Hall–Kier alpha value is -1.88. The van der Waals surface area contributed by atoms with E-state index in [2.05, 4.69) is 31.0 Å². The Morgan fingerprint density at radius 1 is 1.36 bits per heavy atom. The normalized spacial score (nSPS) is 11.5. The zero-order chi connectivity index (χ0) is 16.5. The van der Waals surface area contributed by atoms with Crippen LogP contribution in [0.2, 0.25) is 5.02 Å². The van der Waals surface area contributed by atoms with Gasteiger partial charge in [0.2, 0.25) is 0 Å². The fourth-order valence-corrected chi connectivity index (χ4v) is 2.27. The molecule has 0 fully saturated rings. The Morgan fingerprint density at radius 3 is 2.59 bits per heavy atom. The predicted octanol–water partition coefficient (Wildman–Crippen LogP) is 3.77. The van der Waals surface area contributed by atoms with Gasteiger partial charge in [-0.1, -0.05) is 32.4 Å². The molecule has 0 unspecified atom stereocenters. The van der Waals surface area contributed by atoms with Crippen LogP contribution >= 0.6 is 11.6 Å². The molecule has 2 rings (SSSR count). The third-order valence-electron chi connectivity index (χ3n) is 3.32. The van der Waals surface area contributed by atoms with Crippen LogP contribution in [0.4, 0.5) is 4.39 Å². The number of halogens is 2. The monoisotopic (exact) mass is 323 g/mol. The minimum atomic E-state index is -0.465. The number of nitrogens with zero attached hydrogens (tertiary/aromatic N) is 2. The number of hydrogen-bond donors (Lipinski definition) is 1. The van der Waals surface area contributed by atoms with Crippen molar-refractivity contribution in [2.75, 3.05) is 7.05 Å². The lowest BCUT2D eigenvalue weighted by molar-refractivity contribution is 0.0783. The highest BCUT2D eigenvalue weighted by Crippen LogP contribution is 2.22. The first kappa shape index (κ1) is 16.5. The molecular weight excluding hydrogens is 305 g/mol. The van der Waals surface area contributed by atoms with Gasteiger partial charge in [0.05, 0.1) is 28.5 Å². The lowest BCUT2D eigenvalue weighted by atomic mass is 9.92. The maximum absolute atomic E-state index is 13.1. The molecule has 1 aromatic heterocycles. The van der Waals surface area contributed by atoms with E-state index in [0.29, 0.717) is 6.54 Å². The zero-order valence-corrected chi connectivity index (χ0v) is 13.8. The maximum atomic E-state index is 13.1. The minimum Gasteiger partial charge on any atom is -0.336 e. The van der Waals surface area contributed by atoms with Crippen LogP contribution in [0.25, 0.3) is 0 Å². The van der Waals surface area contributed by atoms with Crippen LogP contribution in [0, 0.1) is 5.82 Å². The van der Waals surface area contributed by atoms with Crippen LogP contribution in [0.5, 0.6) is 0 Å². The second kappa shape index (κ2) is 6.08. The number of carbonyl (C=O) groups is 1. The van der Waals surface area contributed by atoms with Crippen LogP contribution < -0.4 is 0 Å². The fraction of sp³-hybridized carbons (Fsp3) is 0.375. The van der Waals surface area contributed by atoms with Gasteiger partial charge in [-0.2, -0.15) is 5.10 Å². The van der Waals surface area contributed by atoms with Crippen molar-refractivity contribution in [2.45, 2.75) is 32.7 Å². The third kappa shape index (κ3) is 3.65. The second-order valence-corrected chi connectivity index (χ2v) is 6.72. The van der Waals surface area contributed by atoms with E-state index in [4.69, 9.17) is 11.6 Å². The van der Waals surface area contributed by atoms with Crippen molar-refractivity contribution in [3.05, 3.63) is 52.1 Å². The molecule has 0 aliphatic heterocycles. The largest absolute Gasteiger partial charge is 0.336 e. The molecule has 0 radical (unpaired) electrons. The molecule has 6 heteroatoms. The van der Waals surface area contributed by atoms with Gasteiger partial charge in [-0.3, -0.25) is 9.89 Å². The van der Waals surface area contributed by atoms with Crippen molar-refractivity contribution in [1.82, 2.24) is 15.1 Å². The number of benzene rings is 1. The first-order valence-electron chi connectivity index (χ1n) is 6.94. The Bertz CT molecular complexity index is 691. The van der Waals surface area contributed by atoms with Gasteiger partial charge in [-0.15, -0.1) is 0 Å². The highest BCUT2D eigenvalue weighted by atomic mass is 35.5. The Balaban J connectivity index is 2.13. The van der Waals surface area contributed by atoms with Gasteiger partial charge in [0.25, 0.3) is 5.91 Å². The first-order valence-corrected chi connectivity index (χ1v) is 7.31. The Morgan fingerprint density at radius 2 is 2.05 bits per heavy atom. The van der Waals surface area contributed by atoms with E-state index < -0.39 is 5.82 Å².